The highest BCUT2D eigenvalue weighted by molar-refractivity contribution is 14.1. The van der Waals surface area contributed by atoms with Crippen molar-refractivity contribution in [1.29, 1.82) is 0 Å². The first-order chi connectivity index (χ1) is 7.08. The number of aldehydes is 1. The zero-order valence-electron chi connectivity index (χ0n) is 7.92. The first-order valence-corrected chi connectivity index (χ1v) is 6.39. The van der Waals surface area contributed by atoms with E-state index >= 15 is 0 Å². The fraction of sp³-hybridized carbons (Fsp3) is 0.200. The Morgan fingerprint density at radius 3 is 2.33 bits per heavy atom. The molecule has 0 unspecified atom stereocenters. The number of hydrogen-bond donors (Lipinski definition) is 0. The van der Waals surface area contributed by atoms with Crippen molar-refractivity contribution in [3.05, 3.63) is 24.8 Å². The standard InChI is InChI=1S/C10H8I2O3/c1-2-9(14)15-10-7(11)3-6(5-13)4-8(10)12/h3-5H,2H2,1H3. The van der Waals surface area contributed by atoms with Gasteiger partial charge in [0.15, 0.2) is 5.75 Å². The van der Waals surface area contributed by atoms with Crippen LogP contribution in [0.25, 0.3) is 0 Å². The van der Waals surface area contributed by atoms with E-state index in [9.17, 15) is 9.59 Å². The van der Waals surface area contributed by atoms with Crippen LogP contribution >= 0.6 is 45.2 Å². The lowest BCUT2D eigenvalue weighted by Gasteiger charge is -2.08. The van der Waals surface area contributed by atoms with Gasteiger partial charge in [-0.3, -0.25) is 9.59 Å². The normalized spacial score (nSPS) is 9.80. The molecule has 0 heterocycles. The van der Waals surface area contributed by atoms with Crippen LogP contribution in [0.3, 0.4) is 0 Å². The summed E-state index contributed by atoms with van der Waals surface area (Å²) < 4.78 is 6.69. The van der Waals surface area contributed by atoms with Crippen LogP contribution in [-0.2, 0) is 4.79 Å². The van der Waals surface area contributed by atoms with Crippen LogP contribution in [0, 0.1) is 7.14 Å². The van der Waals surface area contributed by atoms with Crippen molar-refractivity contribution >= 4 is 57.4 Å². The van der Waals surface area contributed by atoms with Gasteiger partial charge in [0, 0.05) is 12.0 Å². The highest BCUT2D eigenvalue weighted by Gasteiger charge is 2.11. The van der Waals surface area contributed by atoms with Crippen LogP contribution < -0.4 is 4.74 Å². The molecule has 0 fully saturated rings. The molecule has 5 heteroatoms. The van der Waals surface area contributed by atoms with E-state index in [0.29, 0.717) is 17.7 Å². The molecule has 15 heavy (non-hydrogen) atoms. The maximum atomic E-state index is 11.1. The molecule has 0 aliphatic carbocycles. The third-order valence-electron chi connectivity index (χ3n) is 1.66. The van der Waals surface area contributed by atoms with Gasteiger partial charge in [-0.25, -0.2) is 0 Å². The summed E-state index contributed by atoms with van der Waals surface area (Å²) in [4.78, 5) is 21.7. The molecule has 3 nitrogen and oxygen atoms in total. The van der Waals surface area contributed by atoms with Crippen LogP contribution in [0.2, 0.25) is 0 Å². The minimum atomic E-state index is -0.273. The van der Waals surface area contributed by atoms with Gasteiger partial charge in [-0.05, 0) is 57.3 Å². The average molecular weight is 430 g/mol. The molecule has 0 saturated carbocycles. The number of halogens is 2. The number of benzene rings is 1. The predicted octanol–water partition coefficient (Wildman–Crippen LogP) is 3.02. The molecular formula is C10H8I2O3. The van der Waals surface area contributed by atoms with Gasteiger partial charge < -0.3 is 4.74 Å². The number of carbonyl (C=O) groups excluding carboxylic acids is 2. The third-order valence-corrected chi connectivity index (χ3v) is 3.26. The zero-order valence-corrected chi connectivity index (χ0v) is 12.2. The lowest BCUT2D eigenvalue weighted by molar-refractivity contribution is -0.134. The molecule has 0 aliphatic heterocycles. The summed E-state index contributed by atoms with van der Waals surface area (Å²) in [5, 5.41) is 0. The van der Waals surface area contributed by atoms with E-state index in [1.807, 2.05) is 45.2 Å². The molecule has 0 atom stereocenters. The molecule has 1 rings (SSSR count). The molecule has 0 spiro atoms. The summed E-state index contributed by atoms with van der Waals surface area (Å²) in [5.41, 5.74) is 0.583. The maximum Gasteiger partial charge on any atom is 0.310 e. The molecule has 1 aromatic rings. The van der Waals surface area contributed by atoms with Gasteiger partial charge in [0.1, 0.15) is 6.29 Å². The number of esters is 1. The van der Waals surface area contributed by atoms with Crippen LogP contribution in [0.5, 0.6) is 5.75 Å². The summed E-state index contributed by atoms with van der Waals surface area (Å²) in [6, 6.07) is 3.38. The Balaban J connectivity index is 3.08. The minimum Gasteiger partial charge on any atom is -0.424 e. The molecule has 0 bridgehead atoms. The van der Waals surface area contributed by atoms with E-state index in [0.717, 1.165) is 13.4 Å². The minimum absolute atomic E-state index is 0.273. The van der Waals surface area contributed by atoms with E-state index in [-0.39, 0.29) is 5.97 Å². The molecule has 0 amide bonds. The number of hydrogen-bond acceptors (Lipinski definition) is 3. The Morgan fingerprint density at radius 1 is 1.40 bits per heavy atom. The molecule has 0 saturated heterocycles. The summed E-state index contributed by atoms with van der Waals surface area (Å²) in [5.74, 6) is 0.262. The Kier molecular flexibility index (Phi) is 4.97. The average Bonchev–Trinajstić information content (AvgIpc) is 2.22. The second-order valence-corrected chi connectivity index (χ2v) is 5.08. The molecular weight excluding hydrogens is 422 g/mol. The van der Waals surface area contributed by atoms with Gasteiger partial charge in [-0.2, -0.15) is 0 Å². The quantitative estimate of drug-likeness (QED) is 0.321. The summed E-state index contributed by atoms with van der Waals surface area (Å²) in [7, 11) is 0. The van der Waals surface area contributed by atoms with Gasteiger partial charge in [0.2, 0.25) is 0 Å². The van der Waals surface area contributed by atoms with Crippen molar-refractivity contribution in [1.82, 2.24) is 0 Å². The fourth-order valence-electron chi connectivity index (χ4n) is 0.931. The third kappa shape index (κ3) is 3.40. The predicted molar refractivity (Wildman–Crippen MR) is 73.2 cm³/mol. The van der Waals surface area contributed by atoms with Gasteiger partial charge >= 0.3 is 5.97 Å². The smallest absolute Gasteiger partial charge is 0.310 e. The van der Waals surface area contributed by atoms with Gasteiger partial charge in [-0.1, -0.05) is 6.92 Å². The van der Waals surface area contributed by atoms with E-state index in [4.69, 9.17) is 4.74 Å². The number of ether oxygens (including phenoxy) is 1. The molecule has 80 valence electrons. The largest absolute Gasteiger partial charge is 0.424 e. The molecule has 0 radical (unpaired) electrons. The topological polar surface area (TPSA) is 43.4 Å². The molecule has 0 aromatic heterocycles. The highest BCUT2D eigenvalue weighted by atomic mass is 127. The van der Waals surface area contributed by atoms with Gasteiger partial charge in [-0.15, -0.1) is 0 Å². The van der Waals surface area contributed by atoms with Gasteiger partial charge in [0.25, 0.3) is 0 Å². The van der Waals surface area contributed by atoms with E-state index < -0.39 is 0 Å². The Morgan fingerprint density at radius 2 is 1.93 bits per heavy atom. The Labute approximate surface area is 115 Å². The van der Waals surface area contributed by atoms with E-state index in [2.05, 4.69) is 0 Å². The second kappa shape index (κ2) is 5.78. The lowest BCUT2D eigenvalue weighted by Crippen LogP contribution is -2.08. The Bertz CT molecular complexity index is 379. The number of rotatable bonds is 3. The monoisotopic (exact) mass is 430 g/mol. The zero-order chi connectivity index (χ0) is 11.4. The molecule has 1 aromatic carbocycles. The first-order valence-electron chi connectivity index (χ1n) is 4.23. The lowest BCUT2D eigenvalue weighted by atomic mass is 10.2. The first kappa shape index (κ1) is 12.9. The van der Waals surface area contributed by atoms with Crippen molar-refractivity contribution in [3.63, 3.8) is 0 Å². The van der Waals surface area contributed by atoms with E-state index in [1.54, 1.807) is 19.1 Å². The van der Waals surface area contributed by atoms with E-state index in [1.165, 1.54) is 0 Å². The van der Waals surface area contributed by atoms with Crippen molar-refractivity contribution in [2.75, 3.05) is 0 Å². The summed E-state index contributed by atoms with van der Waals surface area (Å²) >= 11 is 4.09. The van der Waals surface area contributed by atoms with Crippen molar-refractivity contribution in [2.24, 2.45) is 0 Å². The van der Waals surface area contributed by atoms with Gasteiger partial charge in [0.05, 0.1) is 7.14 Å². The van der Waals surface area contributed by atoms with Crippen LogP contribution in [0.4, 0.5) is 0 Å². The number of carbonyl (C=O) groups is 2. The summed E-state index contributed by atoms with van der Waals surface area (Å²) in [6.07, 6.45) is 1.11. The van der Waals surface area contributed by atoms with Crippen LogP contribution in [-0.4, -0.2) is 12.3 Å². The van der Waals surface area contributed by atoms with Crippen LogP contribution in [0.1, 0.15) is 23.7 Å². The second-order valence-electron chi connectivity index (χ2n) is 2.76. The van der Waals surface area contributed by atoms with Crippen molar-refractivity contribution in [3.8, 4) is 5.75 Å². The molecule has 0 N–H and O–H groups in total. The van der Waals surface area contributed by atoms with Crippen LogP contribution in [0.15, 0.2) is 12.1 Å². The highest BCUT2D eigenvalue weighted by Crippen LogP contribution is 2.28. The Hall–Kier alpha value is -0.180. The molecule has 0 aliphatic rings. The van der Waals surface area contributed by atoms with Crippen molar-refractivity contribution in [2.45, 2.75) is 13.3 Å². The SMILES string of the molecule is CCC(=O)Oc1c(I)cc(C=O)cc1I. The fourth-order valence-corrected chi connectivity index (χ4v) is 2.97. The maximum absolute atomic E-state index is 11.1. The summed E-state index contributed by atoms with van der Waals surface area (Å²) in [6.45, 7) is 1.74. The van der Waals surface area contributed by atoms with Crippen molar-refractivity contribution < 1.29 is 14.3 Å².